The lowest BCUT2D eigenvalue weighted by molar-refractivity contribution is -0.147. The summed E-state index contributed by atoms with van der Waals surface area (Å²) in [5, 5.41) is 10.7. The Morgan fingerprint density at radius 3 is 2.16 bits per heavy atom. The van der Waals surface area contributed by atoms with E-state index in [1.165, 1.54) is 32.2 Å². The van der Waals surface area contributed by atoms with Crippen LogP contribution in [0.4, 0.5) is 13.2 Å². The Morgan fingerprint density at radius 2 is 1.75 bits per heavy atom. The van der Waals surface area contributed by atoms with E-state index in [0.717, 1.165) is 21.4 Å². The van der Waals surface area contributed by atoms with Gasteiger partial charge in [0, 0.05) is 11.6 Å². The molecule has 0 bridgehead atoms. The predicted octanol–water partition coefficient (Wildman–Crippen LogP) is 7.11. The van der Waals surface area contributed by atoms with Crippen molar-refractivity contribution in [2.24, 2.45) is 11.8 Å². The molecule has 1 fully saturated rings. The summed E-state index contributed by atoms with van der Waals surface area (Å²) >= 11 is 5.54. The van der Waals surface area contributed by atoms with E-state index < -0.39 is 12.0 Å². The molecule has 0 radical (unpaired) electrons. The summed E-state index contributed by atoms with van der Waals surface area (Å²) in [6, 6.07) is 9.44. The Balaban J connectivity index is 0.000000259. The van der Waals surface area contributed by atoms with Crippen molar-refractivity contribution in [3.8, 4) is 0 Å². The Labute approximate surface area is 195 Å². The van der Waals surface area contributed by atoms with E-state index in [2.05, 4.69) is 36.1 Å². The number of hydrogen-bond donors (Lipinski definition) is 1. The zero-order valence-electron chi connectivity index (χ0n) is 19.6. The second-order valence-electron chi connectivity index (χ2n) is 8.26. The van der Waals surface area contributed by atoms with E-state index in [0.29, 0.717) is 12.0 Å². The third-order valence-corrected chi connectivity index (χ3v) is 5.45. The molecule has 32 heavy (non-hydrogen) atoms. The van der Waals surface area contributed by atoms with Crippen LogP contribution in [0.1, 0.15) is 64.5 Å². The van der Waals surface area contributed by atoms with Crippen molar-refractivity contribution in [3.63, 3.8) is 0 Å². The Bertz CT molecular complexity index is 782. The molecule has 0 saturated heterocycles. The van der Waals surface area contributed by atoms with Gasteiger partial charge in [-0.15, -0.1) is 10.2 Å². The number of hydrogen-bond acceptors (Lipinski definition) is 3. The molecule has 1 saturated carbocycles. The van der Waals surface area contributed by atoms with Gasteiger partial charge in [0.25, 0.3) is 0 Å². The highest BCUT2D eigenvalue weighted by molar-refractivity contribution is 6.30. The first-order chi connectivity index (χ1) is 15.1. The molecule has 0 spiro atoms. The van der Waals surface area contributed by atoms with Gasteiger partial charge in [0.1, 0.15) is 0 Å². The fourth-order valence-corrected chi connectivity index (χ4v) is 3.65. The Hall–Kier alpha value is -1.86. The predicted molar refractivity (Wildman–Crippen MR) is 127 cm³/mol. The summed E-state index contributed by atoms with van der Waals surface area (Å²) in [6.07, 6.45) is 1.92. The van der Waals surface area contributed by atoms with Crippen LogP contribution < -0.4 is 5.32 Å². The maximum Gasteiger partial charge on any atom is 0.451 e. The summed E-state index contributed by atoms with van der Waals surface area (Å²) in [6.45, 7) is 10.8. The second-order valence-corrected chi connectivity index (χ2v) is 8.69. The van der Waals surface area contributed by atoms with Crippen LogP contribution in [0.15, 0.2) is 36.9 Å². The van der Waals surface area contributed by atoms with Crippen LogP contribution in [0.25, 0.3) is 5.57 Å². The summed E-state index contributed by atoms with van der Waals surface area (Å²) in [4.78, 5) is 0. The van der Waals surface area contributed by atoms with E-state index in [4.69, 9.17) is 11.6 Å². The third-order valence-electron chi connectivity index (χ3n) is 5.19. The number of nitrogens with one attached hydrogen (secondary N) is 1. The molecule has 0 atom stereocenters. The molecular formula is C24H36ClF3N4. The van der Waals surface area contributed by atoms with Gasteiger partial charge in [-0.25, -0.2) is 0 Å². The fourth-order valence-electron chi connectivity index (χ4n) is 3.50. The highest BCUT2D eigenvalue weighted by Gasteiger charge is 2.38. The molecule has 180 valence electrons. The fraction of sp³-hybridized carbons (Fsp3) is 0.583. The van der Waals surface area contributed by atoms with Crippen LogP contribution in [0.3, 0.4) is 0 Å². The van der Waals surface area contributed by atoms with Gasteiger partial charge in [-0.2, -0.15) is 13.2 Å². The van der Waals surface area contributed by atoms with E-state index in [-0.39, 0.29) is 12.4 Å². The lowest BCUT2D eigenvalue weighted by Gasteiger charge is -2.25. The monoisotopic (exact) mass is 472 g/mol. The second kappa shape index (κ2) is 14.3. The van der Waals surface area contributed by atoms with Gasteiger partial charge in [0.15, 0.2) is 5.82 Å². The molecule has 1 N–H and O–H groups in total. The van der Waals surface area contributed by atoms with Gasteiger partial charge >= 0.3 is 6.18 Å². The first-order valence-electron chi connectivity index (χ1n) is 11.1. The molecule has 1 aromatic carbocycles. The van der Waals surface area contributed by atoms with Crippen LogP contribution in [0.5, 0.6) is 0 Å². The van der Waals surface area contributed by atoms with Crippen molar-refractivity contribution in [2.75, 3.05) is 13.6 Å². The van der Waals surface area contributed by atoms with E-state index in [1.807, 2.05) is 30.3 Å². The largest absolute Gasteiger partial charge is 0.451 e. The zero-order chi connectivity index (χ0) is 24.1. The number of rotatable bonds is 5. The molecule has 1 heterocycles. The molecule has 0 amide bonds. The van der Waals surface area contributed by atoms with Crippen molar-refractivity contribution in [2.45, 2.75) is 65.6 Å². The van der Waals surface area contributed by atoms with Gasteiger partial charge in [-0.1, -0.05) is 63.1 Å². The SMILES string of the molecule is C=C(C)c1nnc(C(F)(F)F)n1CCC.CNCC1CCC(C)CC1.Clc1ccccc1. The quantitative estimate of drug-likeness (QED) is 0.504. The Kier molecular flexibility index (Phi) is 12.6. The average molecular weight is 473 g/mol. The molecule has 1 aliphatic rings. The van der Waals surface area contributed by atoms with Crippen LogP contribution in [-0.2, 0) is 12.7 Å². The minimum absolute atomic E-state index is 0.198. The number of alkyl halides is 3. The molecule has 4 nitrogen and oxygen atoms in total. The first-order valence-corrected chi connectivity index (χ1v) is 11.5. The van der Waals surface area contributed by atoms with E-state index in [1.54, 1.807) is 13.8 Å². The first kappa shape index (κ1) is 28.2. The van der Waals surface area contributed by atoms with Crippen LogP contribution in [0.2, 0.25) is 5.02 Å². The topological polar surface area (TPSA) is 42.7 Å². The van der Waals surface area contributed by atoms with Gasteiger partial charge in [-0.05, 0) is 69.3 Å². The smallest absolute Gasteiger partial charge is 0.319 e. The van der Waals surface area contributed by atoms with Gasteiger partial charge in [0.05, 0.1) is 0 Å². The summed E-state index contributed by atoms with van der Waals surface area (Å²) in [7, 11) is 2.05. The van der Waals surface area contributed by atoms with Gasteiger partial charge < -0.3 is 9.88 Å². The number of benzene rings is 1. The lowest BCUT2D eigenvalue weighted by atomic mass is 9.83. The Morgan fingerprint density at radius 1 is 1.16 bits per heavy atom. The molecule has 1 aliphatic carbocycles. The summed E-state index contributed by atoms with van der Waals surface area (Å²) in [5.74, 6) is 1.21. The van der Waals surface area contributed by atoms with E-state index in [9.17, 15) is 13.2 Å². The minimum Gasteiger partial charge on any atom is -0.319 e. The molecule has 0 aliphatic heterocycles. The molecule has 2 aromatic rings. The number of aromatic nitrogens is 3. The summed E-state index contributed by atoms with van der Waals surface area (Å²) < 4.78 is 38.5. The van der Waals surface area contributed by atoms with Gasteiger partial charge in [-0.3, -0.25) is 0 Å². The molecular weight excluding hydrogens is 437 g/mol. The highest BCUT2D eigenvalue weighted by atomic mass is 35.5. The van der Waals surface area contributed by atoms with Crippen molar-refractivity contribution in [3.05, 3.63) is 53.6 Å². The highest BCUT2D eigenvalue weighted by Crippen LogP contribution is 2.29. The normalized spacial score (nSPS) is 18.1. The minimum atomic E-state index is -4.46. The standard InChI is InChI=1S/C9H12F3N3.C9H19N.C6H5Cl/c1-4-5-15-7(6(2)3)13-14-8(15)9(10,11)12;1-8-3-5-9(6-4-8)7-10-2;7-6-4-2-1-3-5-6/h2,4-5H2,1,3H3;8-10H,3-7H2,1-2H3;1-5H. The van der Waals surface area contributed by atoms with Crippen LogP contribution in [0, 0.1) is 11.8 Å². The molecule has 1 aromatic heterocycles. The van der Waals surface area contributed by atoms with Crippen molar-refractivity contribution in [1.29, 1.82) is 0 Å². The molecule has 8 heteroatoms. The van der Waals surface area contributed by atoms with Crippen LogP contribution >= 0.6 is 11.6 Å². The number of nitrogens with zero attached hydrogens (tertiary/aromatic N) is 3. The lowest BCUT2D eigenvalue weighted by Crippen LogP contribution is -2.22. The van der Waals surface area contributed by atoms with Gasteiger partial charge in [0.2, 0.25) is 5.82 Å². The molecule has 0 unspecified atom stereocenters. The maximum absolute atomic E-state index is 12.5. The third kappa shape index (κ3) is 10.2. The summed E-state index contributed by atoms with van der Waals surface area (Å²) in [5.41, 5.74) is 0.478. The van der Waals surface area contributed by atoms with Crippen molar-refractivity contribution < 1.29 is 13.2 Å². The maximum atomic E-state index is 12.5. The number of allylic oxidation sites excluding steroid dienone is 1. The van der Waals surface area contributed by atoms with E-state index >= 15 is 0 Å². The molecule has 3 rings (SSSR count). The number of halogens is 4. The van der Waals surface area contributed by atoms with Crippen molar-refractivity contribution >= 4 is 17.2 Å². The van der Waals surface area contributed by atoms with Crippen LogP contribution in [-0.4, -0.2) is 28.4 Å². The zero-order valence-corrected chi connectivity index (χ0v) is 20.3. The van der Waals surface area contributed by atoms with Crippen molar-refractivity contribution in [1.82, 2.24) is 20.1 Å². The average Bonchev–Trinajstić information content (AvgIpc) is 3.16.